The Morgan fingerprint density at radius 2 is 1.84 bits per heavy atom. The van der Waals surface area contributed by atoms with Gasteiger partial charge in [-0.15, -0.1) is 12.4 Å². The summed E-state index contributed by atoms with van der Waals surface area (Å²) in [5, 5.41) is 10.0. The zero-order chi connectivity index (χ0) is 31.1. The number of halogens is 1. The van der Waals surface area contributed by atoms with Crippen LogP contribution < -0.4 is 20.7 Å². The zero-order valence-electron chi connectivity index (χ0n) is 26.5. The fourth-order valence-electron chi connectivity index (χ4n) is 5.45. The van der Waals surface area contributed by atoms with Crippen molar-refractivity contribution in [2.45, 2.75) is 71.5 Å². The quantitative estimate of drug-likeness (QED) is 0.277. The number of amides is 2. The predicted molar refractivity (Wildman–Crippen MR) is 175 cm³/mol. The molecule has 3 atom stereocenters. The zero-order valence-corrected chi connectivity index (χ0v) is 27.3. The van der Waals surface area contributed by atoms with E-state index < -0.39 is 23.5 Å². The van der Waals surface area contributed by atoms with Crippen LogP contribution in [0.3, 0.4) is 0 Å². The first-order valence-corrected chi connectivity index (χ1v) is 14.9. The molecule has 0 spiro atoms. The molecule has 1 aromatic heterocycles. The van der Waals surface area contributed by atoms with E-state index >= 15 is 0 Å². The predicted octanol–water partition coefficient (Wildman–Crippen LogP) is 3.96. The van der Waals surface area contributed by atoms with Crippen LogP contribution in [0.1, 0.15) is 51.7 Å². The van der Waals surface area contributed by atoms with E-state index in [2.05, 4.69) is 38.1 Å². The van der Waals surface area contributed by atoms with Crippen molar-refractivity contribution in [1.82, 2.24) is 25.5 Å². The highest BCUT2D eigenvalue weighted by molar-refractivity contribution is 5.96. The van der Waals surface area contributed by atoms with E-state index in [0.29, 0.717) is 42.2 Å². The Labute approximate surface area is 266 Å². The molecule has 0 saturated carbocycles. The van der Waals surface area contributed by atoms with Gasteiger partial charge in [-0.1, -0.05) is 51.1 Å². The summed E-state index contributed by atoms with van der Waals surface area (Å²) >= 11 is 0. The average Bonchev–Trinajstić information content (AvgIpc) is 3.49. The number of hydrogen-bond acceptors (Lipinski definition) is 8. The third kappa shape index (κ3) is 8.24. The molecule has 3 N–H and O–H groups in total. The summed E-state index contributed by atoms with van der Waals surface area (Å²) in [6, 6.07) is 12.2. The van der Waals surface area contributed by atoms with Gasteiger partial charge in [0.15, 0.2) is 5.78 Å². The van der Waals surface area contributed by atoms with Crippen LogP contribution in [-0.2, 0) is 27.2 Å². The van der Waals surface area contributed by atoms with Crippen LogP contribution >= 0.6 is 12.4 Å². The minimum absolute atomic E-state index is 0. The summed E-state index contributed by atoms with van der Waals surface area (Å²) in [7, 11) is 3.27. The molecular formula is C33H45ClN6O4. The van der Waals surface area contributed by atoms with Gasteiger partial charge in [-0.25, -0.2) is 9.97 Å². The van der Waals surface area contributed by atoms with E-state index in [1.54, 1.807) is 26.0 Å². The van der Waals surface area contributed by atoms with Crippen LogP contribution in [0.5, 0.6) is 5.75 Å². The fourth-order valence-corrected chi connectivity index (χ4v) is 5.45. The molecule has 1 aliphatic heterocycles. The van der Waals surface area contributed by atoms with Gasteiger partial charge >= 0.3 is 0 Å². The van der Waals surface area contributed by atoms with Crippen LogP contribution in [0.15, 0.2) is 48.8 Å². The Morgan fingerprint density at radius 3 is 2.50 bits per heavy atom. The highest BCUT2D eigenvalue weighted by Gasteiger charge is 2.42. The number of hydrogen-bond donors (Lipinski definition) is 3. The number of rotatable bonds is 12. The largest absolute Gasteiger partial charge is 0.496 e. The van der Waals surface area contributed by atoms with Gasteiger partial charge < -0.3 is 25.6 Å². The first kappa shape index (κ1) is 34.7. The number of ketones is 1. The number of Topliss-reactive ketones (excluding diaryl/α,β-unsaturated/α-hetero) is 1. The number of benzene rings is 2. The second-order valence-electron chi connectivity index (χ2n) is 12.2. The standard InChI is InChI=1S/C33H44N6O4.ClH/c1-21(34-5)31(41)38-29(33(2,3)4)32(42)39-16-10-13-26(39)27(40)18-23-17-24-25(19-28(23)43-6)36-20-37-30(24)35-15-14-22-11-8-7-9-12-22;/h7-9,11-12,17,19-21,26,29,34H,10,13-16,18H2,1-6H3,(H,38,41)(H,35,36,37);1H/t21-,26-,29+;/m0./s1. The van der Waals surface area contributed by atoms with Crippen LogP contribution in [0.4, 0.5) is 5.82 Å². The van der Waals surface area contributed by atoms with Crippen molar-refractivity contribution in [3.05, 3.63) is 59.9 Å². The summed E-state index contributed by atoms with van der Waals surface area (Å²) in [5.41, 5.74) is 2.11. The number of nitrogens with one attached hydrogen (secondary N) is 3. The number of methoxy groups -OCH3 is 1. The van der Waals surface area contributed by atoms with E-state index in [4.69, 9.17) is 4.74 Å². The summed E-state index contributed by atoms with van der Waals surface area (Å²) in [4.78, 5) is 50.9. The fraction of sp³-hybridized carbons (Fsp3) is 0.485. The van der Waals surface area contributed by atoms with Crippen molar-refractivity contribution in [1.29, 1.82) is 0 Å². The molecule has 0 bridgehead atoms. The first-order chi connectivity index (χ1) is 20.5. The number of likely N-dealkylation sites (N-methyl/N-ethyl adjacent to an activating group) is 1. The third-order valence-corrected chi connectivity index (χ3v) is 8.08. The molecule has 0 aliphatic carbocycles. The van der Waals surface area contributed by atoms with Crippen LogP contribution in [-0.4, -0.2) is 77.8 Å². The number of ether oxygens (including phenoxy) is 1. The Hall–Kier alpha value is -3.76. The Kier molecular flexibility index (Phi) is 12.1. The third-order valence-electron chi connectivity index (χ3n) is 8.08. The van der Waals surface area contributed by atoms with Crippen molar-refractivity contribution < 1.29 is 19.1 Å². The highest BCUT2D eigenvalue weighted by atomic mass is 35.5. The Balaban J connectivity index is 0.00000529. The number of anilines is 1. The molecule has 2 amide bonds. The van der Waals surface area contributed by atoms with Crippen molar-refractivity contribution in [2.75, 3.05) is 32.6 Å². The Bertz CT molecular complexity index is 1450. The SMILES string of the molecule is CN[C@@H](C)C(=O)N[C@H](C(=O)N1CCC[C@H]1C(=O)Cc1cc2c(NCCc3ccccc3)ncnc2cc1OC)C(C)(C)C.Cl. The molecule has 2 aromatic carbocycles. The molecule has 1 aliphatic rings. The molecule has 2 heterocycles. The summed E-state index contributed by atoms with van der Waals surface area (Å²) in [5.74, 6) is 0.695. The molecule has 0 unspecified atom stereocenters. The maximum atomic E-state index is 13.8. The summed E-state index contributed by atoms with van der Waals surface area (Å²) in [6.45, 7) is 8.65. The van der Waals surface area contributed by atoms with Crippen LogP contribution in [0.2, 0.25) is 0 Å². The van der Waals surface area contributed by atoms with E-state index in [1.165, 1.54) is 11.9 Å². The average molecular weight is 625 g/mol. The monoisotopic (exact) mass is 624 g/mol. The van der Waals surface area contributed by atoms with Crippen molar-refractivity contribution in [3.63, 3.8) is 0 Å². The molecule has 11 heteroatoms. The van der Waals surface area contributed by atoms with Gasteiger partial charge in [0.1, 0.15) is 23.9 Å². The lowest BCUT2D eigenvalue weighted by Crippen LogP contribution is -2.58. The lowest BCUT2D eigenvalue weighted by atomic mass is 9.85. The lowest BCUT2D eigenvalue weighted by Gasteiger charge is -2.36. The maximum absolute atomic E-state index is 13.8. The minimum atomic E-state index is -0.763. The number of nitrogens with zero attached hydrogens (tertiary/aromatic N) is 3. The van der Waals surface area contributed by atoms with Crippen LogP contribution in [0, 0.1) is 5.41 Å². The van der Waals surface area contributed by atoms with E-state index in [-0.39, 0.29) is 36.4 Å². The van der Waals surface area contributed by atoms with Crippen molar-refractivity contribution in [3.8, 4) is 5.75 Å². The number of fused-ring (bicyclic) bond motifs is 1. The lowest BCUT2D eigenvalue weighted by molar-refractivity contribution is -0.143. The number of carbonyl (C=O) groups excluding carboxylic acids is 3. The smallest absolute Gasteiger partial charge is 0.246 e. The van der Waals surface area contributed by atoms with Gasteiger partial charge in [0, 0.05) is 36.5 Å². The number of aromatic nitrogens is 2. The highest BCUT2D eigenvalue weighted by Crippen LogP contribution is 2.31. The van der Waals surface area contributed by atoms with Crippen LogP contribution in [0.25, 0.3) is 10.9 Å². The summed E-state index contributed by atoms with van der Waals surface area (Å²) in [6.07, 6.45) is 3.74. The summed E-state index contributed by atoms with van der Waals surface area (Å²) < 4.78 is 5.66. The van der Waals surface area contributed by atoms with Gasteiger partial charge in [-0.3, -0.25) is 14.4 Å². The van der Waals surface area contributed by atoms with Gasteiger partial charge in [0.05, 0.1) is 24.7 Å². The molecule has 44 heavy (non-hydrogen) atoms. The second kappa shape index (κ2) is 15.3. The molecule has 1 fully saturated rings. The maximum Gasteiger partial charge on any atom is 0.246 e. The van der Waals surface area contributed by atoms with Gasteiger partial charge in [-0.05, 0) is 50.3 Å². The molecule has 0 radical (unpaired) electrons. The van der Waals surface area contributed by atoms with Crippen molar-refractivity contribution in [2.24, 2.45) is 5.41 Å². The van der Waals surface area contributed by atoms with E-state index in [9.17, 15) is 14.4 Å². The molecule has 238 valence electrons. The van der Waals surface area contributed by atoms with Gasteiger partial charge in [0.2, 0.25) is 11.8 Å². The molecule has 1 saturated heterocycles. The van der Waals surface area contributed by atoms with Gasteiger partial charge in [-0.2, -0.15) is 0 Å². The van der Waals surface area contributed by atoms with E-state index in [0.717, 1.165) is 18.2 Å². The number of carbonyl (C=O) groups is 3. The van der Waals surface area contributed by atoms with E-state index in [1.807, 2.05) is 51.1 Å². The first-order valence-electron chi connectivity index (χ1n) is 14.9. The Morgan fingerprint density at radius 1 is 1.11 bits per heavy atom. The van der Waals surface area contributed by atoms with Crippen molar-refractivity contribution >= 4 is 46.7 Å². The van der Waals surface area contributed by atoms with Gasteiger partial charge in [0.25, 0.3) is 0 Å². The topological polar surface area (TPSA) is 126 Å². The normalized spacial score (nSPS) is 16.1. The minimum Gasteiger partial charge on any atom is -0.496 e. The molecule has 10 nitrogen and oxygen atoms in total. The molecule has 4 rings (SSSR count). The molecule has 3 aromatic rings. The number of likely N-dealkylation sites (tertiary alicyclic amines) is 1. The molecular weight excluding hydrogens is 580 g/mol. The second-order valence-corrected chi connectivity index (χ2v) is 12.2.